The molecule has 0 fully saturated rings. The van der Waals surface area contributed by atoms with E-state index in [1.807, 2.05) is 31.2 Å². The van der Waals surface area contributed by atoms with Crippen LogP contribution in [0.4, 0.5) is 0 Å². The Kier molecular flexibility index (Phi) is 6.64. The highest BCUT2D eigenvalue weighted by Gasteiger charge is 2.15. The van der Waals surface area contributed by atoms with Crippen LogP contribution in [0.25, 0.3) is 0 Å². The summed E-state index contributed by atoms with van der Waals surface area (Å²) in [6.07, 6.45) is 0.869. The number of hydrogen-bond acceptors (Lipinski definition) is 2. The van der Waals surface area contributed by atoms with Gasteiger partial charge in [-0.15, -0.1) is 0 Å². The normalized spacial score (nSPS) is 12.2. The van der Waals surface area contributed by atoms with Crippen LogP contribution in [0.1, 0.15) is 17.5 Å². The van der Waals surface area contributed by atoms with E-state index < -0.39 is 0 Å². The van der Waals surface area contributed by atoms with Crippen LogP contribution in [0.15, 0.2) is 24.3 Å². The highest BCUT2D eigenvalue weighted by molar-refractivity contribution is 14.1. The molecule has 1 aromatic rings. The van der Waals surface area contributed by atoms with Crippen molar-refractivity contribution in [2.75, 3.05) is 4.43 Å². The van der Waals surface area contributed by atoms with Crippen LogP contribution in [0.2, 0.25) is 0 Å². The van der Waals surface area contributed by atoms with Crippen LogP contribution in [-0.2, 0) is 16.1 Å². The fourth-order valence-electron chi connectivity index (χ4n) is 1.22. The highest BCUT2D eigenvalue weighted by atomic mass is 127. The molecule has 0 saturated carbocycles. The largest absolute Gasteiger partial charge is 0.460 e. The van der Waals surface area contributed by atoms with Gasteiger partial charge in [-0.25, -0.2) is 0 Å². The van der Waals surface area contributed by atoms with Crippen LogP contribution >= 0.6 is 45.2 Å². The smallest absolute Gasteiger partial charge is 0.319 e. The van der Waals surface area contributed by atoms with Crippen molar-refractivity contribution in [1.29, 1.82) is 0 Å². The quantitative estimate of drug-likeness (QED) is 0.394. The Balaban J connectivity index is 2.46. The Labute approximate surface area is 123 Å². The molecule has 0 aliphatic carbocycles. The van der Waals surface area contributed by atoms with Crippen molar-refractivity contribution in [3.05, 3.63) is 35.4 Å². The summed E-state index contributed by atoms with van der Waals surface area (Å²) in [5, 5.41) is 0. The van der Waals surface area contributed by atoms with Gasteiger partial charge in [0.05, 0.1) is 0 Å². The number of ether oxygens (including phenoxy) is 1. The number of halogens is 2. The first-order valence-corrected chi connectivity index (χ1v) is 7.83. The van der Waals surface area contributed by atoms with E-state index in [9.17, 15) is 4.79 Å². The molecule has 0 saturated heterocycles. The Hall–Kier alpha value is 0.150. The third-order valence-corrected chi connectivity index (χ3v) is 4.00. The Bertz CT molecular complexity index is 353. The second kappa shape index (κ2) is 7.47. The number of esters is 1. The molecule has 0 heterocycles. The molecule has 2 nitrogen and oxygen atoms in total. The molecule has 0 aliphatic heterocycles. The van der Waals surface area contributed by atoms with Crippen molar-refractivity contribution < 1.29 is 9.53 Å². The van der Waals surface area contributed by atoms with E-state index in [1.54, 1.807) is 0 Å². The lowest BCUT2D eigenvalue weighted by Gasteiger charge is -2.10. The maximum atomic E-state index is 11.6. The van der Waals surface area contributed by atoms with Crippen molar-refractivity contribution in [3.63, 3.8) is 0 Å². The molecule has 16 heavy (non-hydrogen) atoms. The van der Waals surface area contributed by atoms with E-state index in [0.29, 0.717) is 6.61 Å². The summed E-state index contributed by atoms with van der Waals surface area (Å²) >= 11 is 4.41. The number of carbonyl (C=O) groups excluding carboxylic acids is 1. The summed E-state index contributed by atoms with van der Waals surface area (Å²) in [6, 6.07) is 7.96. The fourth-order valence-corrected chi connectivity index (χ4v) is 3.53. The average molecular weight is 444 g/mol. The maximum absolute atomic E-state index is 11.6. The van der Waals surface area contributed by atoms with E-state index in [1.165, 1.54) is 0 Å². The molecule has 0 amide bonds. The molecule has 0 radical (unpaired) electrons. The van der Waals surface area contributed by atoms with Gasteiger partial charge < -0.3 is 4.74 Å². The van der Waals surface area contributed by atoms with Crippen molar-refractivity contribution in [3.8, 4) is 0 Å². The van der Waals surface area contributed by atoms with Crippen molar-refractivity contribution in [2.45, 2.75) is 23.9 Å². The van der Waals surface area contributed by atoms with Gasteiger partial charge in [0.15, 0.2) is 0 Å². The molecule has 1 rings (SSSR count). The maximum Gasteiger partial charge on any atom is 0.319 e. The molecule has 88 valence electrons. The standard InChI is InChI=1S/C12H14I2O2/c1-9-4-2-3-5-10(9)8-16-12(15)11(14)6-7-13/h2-5,11H,6-8H2,1H3. The van der Waals surface area contributed by atoms with Crippen LogP contribution in [0, 0.1) is 6.92 Å². The molecule has 1 unspecified atom stereocenters. The zero-order chi connectivity index (χ0) is 12.0. The zero-order valence-corrected chi connectivity index (χ0v) is 13.4. The monoisotopic (exact) mass is 444 g/mol. The van der Waals surface area contributed by atoms with Gasteiger partial charge in [0.1, 0.15) is 10.5 Å². The fraction of sp³-hybridized carbons (Fsp3) is 0.417. The zero-order valence-electron chi connectivity index (χ0n) is 9.08. The summed E-state index contributed by atoms with van der Waals surface area (Å²) < 4.78 is 6.22. The molecule has 4 heteroatoms. The van der Waals surface area contributed by atoms with Gasteiger partial charge in [-0.2, -0.15) is 0 Å². The minimum atomic E-state index is -0.111. The third-order valence-electron chi connectivity index (χ3n) is 2.25. The minimum Gasteiger partial charge on any atom is -0.460 e. The van der Waals surface area contributed by atoms with Crippen molar-refractivity contribution >= 4 is 51.2 Å². The van der Waals surface area contributed by atoms with Crippen LogP contribution < -0.4 is 0 Å². The van der Waals surface area contributed by atoms with E-state index in [-0.39, 0.29) is 9.89 Å². The van der Waals surface area contributed by atoms with Crippen LogP contribution in [-0.4, -0.2) is 14.3 Å². The second-order valence-electron chi connectivity index (χ2n) is 3.48. The summed E-state index contributed by atoms with van der Waals surface area (Å²) in [7, 11) is 0. The SMILES string of the molecule is Cc1ccccc1COC(=O)C(I)CCI. The molecule has 0 N–H and O–H groups in total. The predicted molar refractivity (Wildman–Crippen MR) is 82.3 cm³/mol. The number of rotatable bonds is 5. The molecule has 1 aromatic carbocycles. The summed E-state index contributed by atoms with van der Waals surface area (Å²) in [4.78, 5) is 11.6. The van der Waals surface area contributed by atoms with Gasteiger partial charge in [-0.3, -0.25) is 4.79 Å². The van der Waals surface area contributed by atoms with Gasteiger partial charge >= 0.3 is 5.97 Å². The molecule has 0 spiro atoms. The Morgan fingerprint density at radius 2 is 2.12 bits per heavy atom. The van der Waals surface area contributed by atoms with Gasteiger partial charge in [0.2, 0.25) is 0 Å². The average Bonchev–Trinajstić information content (AvgIpc) is 2.28. The lowest BCUT2D eigenvalue weighted by molar-refractivity contribution is -0.143. The van der Waals surface area contributed by atoms with Gasteiger partial charge in [0, 0.05) is 4.43 Å². The first kappa shape index (κ1) is 14.2. The Morgan fingerprint density at radius 1 is 1.44 bits per heavy atom. The first-order valence-electron chi connectivity index (χ1n) is 5.06. The van der Waals surface area contributed by atoms with Crippen LogP contribution in [0.3, 0.4) is 0 Å². The molecule has 0 aromatic heterocycles. The third kappa shape index (κ3) is 4.57. The lowest BCUT2D eigenvalue weighted by Crippen LogP contribution is -2.17. The molecular weight excluding hydrogens is 430 g/mol. The molecule has 1 atom stereocenters. The number of carbonyl (C=O) groups is 1. The topological polar surface area (TPSA) is 26.3 Å². The van der Waals surface area contributed by atoms with E-state index in [2.05, 4.69) is 45.2 Å². The van der Waals surface area contributed by atoms with Crippen LogP contribution in [0.5, 0.6) is 0 Å². The van der Waals surface area contributed by atoms with Crippen molar-refractivity contribution in [1.82, 2.24) is 0 Å². The minimum absolute atomic E-state index is 0.0291. The second-order valence-corrected chi connectivity index (χ2v) is 6.06. The molecule has 0 bridgehead atoms. The summed E-state index contributed by atoms with van der Waals surface area (Å²) in [6.45, 7) is 2.40. The summed E-state index contributed by atoms with van der Waals surface area (Å²) in [5.41, 5.74) is 2.24. The van der Waals surface area contributed by atoms with E-state index in [4.69, 9.17) is 4.74 Å². The van der Waals surface area contributed by atoms with Crippen molar-refractivity contribution in [2.24, 2.45) is 0 Å². The molecular formula is C12H14I2O2. The first-order chi connectivity index (χ1) is 7.65. The number of benzene rings is 1. The highest BCUT2D eigenvalue weighted by Crippen LogP contribution is 2.13. The number of alkyl halides is 2. The molecule has 0 aliphatic rings. The number of aryl methyl sites for hydroxylation is 1. The van der Waals surface area contributed by atoms with Gasteiger partial charge in [0.25, 0.3) is 0 Å². The van der Waals surface area contributed by atoms with E-state index >= 15 is 0 Å². The van der Waals surface area contributed by atoms with Gasteiger partial charge in [-0.05, 0) is 24.5 Å². The van der Waals surface area contributed by atoms with E-state index in [0.717, 1.165) is 22.0 Å². The lowest BCUT2D eigenvalue weighted by atomic mass is 10.1. The Morgan fingerprint density at radius 3 is 2.75 bits per heavy atom. The van der Waals surface area contributed by atoms with Gasteiger partial charge in [-0.1, -0.05) is 69.4 Å². The summed E-state index contributed by atoms with van der Waals surface area (Å²) in [5.74, 6) is -0.111. The number of hydrogen-bond donors (Lipinski definition) is 0. The predicted octanol–water partition coefficient (Wildman–Crippen LogP) is 3.67.